The fraction of sp³-hybridized carbons (Fsp3) is 0.833. The first-order valence-corrected chi connectivity index (χ1v) is 3.35. The lowest BCUT2D eigenvalue weighted by atomic mass is 10.0. The Hall–Kier alpha value is -1.01. The number of hydrogen-bond acceptors (Lipinski definition) is 3. The third-order valence-electron chi connectivity index (χ3n) is 1.71. The van der Waals surface area contributed by atoms with Gasteiger partial charge >= 0.3 is 6.16 Å². The Balaban J connectivity index is 2.86. The predicted octanol–water partition coefficient (Wildman–Crippen LogP) is 1.46. The van der Waals surface area contributed by atoms with E-state index in [2.05, 4.69) is 9.47 Å². The van der Waals surface area contributed by atoms with Gasteiger partial charge in [0.25, 0.3) is 6.43 Å². The molecule has 1 aliphatic heterocycles. The Bertz CT molecular complexity index is 204. The summed E-state index contributed by atoms with van der Waals surface area (Å²) in [6.45, 7) is -3.07. The quantitative estimate of drug-likeness (QED) is 0.513. The molecule has 3 nitrogen and oxygen atoms in total. The van der Waals surface area contributed by atoms with Crippen LogP contribution in [0.5, 0.6) is 0 Å². The molecule has 0 aromatic rings. The maximum atomic E-state index is 12.2. The second-order valence-corrected chi connectivity index (χ2v) is 2.56. The lowest BCUT2D eigenvalue weighted by Crippen LogP contribution is -2.48. The number of carbonyl (C=O) groups is 1. The van der Waals surface area contributed by atoms with Crippen molar-refractivity contribution in [3.63, 3.8) is 0 Å². The fourth-order valence-electron chi connectivity index (χ4n) is 0.983. The number of carbonyl (C=O) groups excluding carboxylic acids is 1. The minimum absolute atomic E-state index is 1.47. The van der Waals surface area contributed by atoms with Crippen LogP contribution >= 0.6 is 0 Å². The van der Waals surface area contributed by atoms with Crippen molar-refractivity contribution in [1.82, 2.24) is 0 Å². The van der Waals surface area contributed by atoms with E-state index in [0.29, 0.717) is 0 Å². The molecule has 1 saturated heterocycles. The summed E-state index contributed by atoms with van der Waals surface area (Å²) in [5.74, 6) is 0. The van der Waals surface area contributed by atoms with E-state index in [4.69, 9.17) is 0 Å². The van der Waals surface area contributed by atoms with E-state index >= 15 is 0 Å². The molecule has 0 aromatic heterocycles. The van der Waals surface area contributed by atoms with E-state index in [1.165, 1.54) is 0 Å². The molecule has 13 heavy (non-hydrogen) atoms. The van der Waals surface area contributed by atoms with Crippen LogP contribution in [0.15, 0.2) is 0 Å². The first kappa shape index (κ1) is 10.1. The second-order valence-electron chi connectivity index (χ2n) is 2.56. The smallest absolute Gasteiger partial charge is 0.420 e. The largest absolute Gasteiger partial charge is 0.509 e. The monoisotopic (exact) mass is 202 g/mol. The topological polar surface area (TPSA) is 35.5 Å². The van der Waals surface area contributed by atoms with Gasteiger partial charge in [-0.05, 0) is 0 Å². The van der Waals surface area contributed by atoms with E-state index in [1.807, 2.05) is 0 Å². The first-order valence-electron chi connectivity index (χ1n) is 3.35. The van der Waals surface area contributed by atoms with Gasteiger partial charge in [0.1, 0.15) is 13.3 Å². The molecule has 1 fully saturated rings. The molecular weight excluding hydrogens is 196 g/mol. The third kappa shape index (κ3) is 1.54. The molecule has 0 radical (unpaired) electrons. The zero-order valence-electron chi connectivity index (χ0n) is 6.31. The molecule has 7 heteroatoms. The molecule has 0 aromatic carbocycles. The lowest BCUT2D eigenvalue weighted by Gasteiger charge is -2.23. The third-order valence-corrected chi connectivity index (χ3v) is 1.71. The van der Waals surface area contributed by atoms with Crippen molar-refractivity contribution < 1.29 is 31.8 Å². The number of alkyl halides is 4. The maximum absolute atomic E-state index is 12.2. The standard InChI is InChI=1S/C6H6F4O3/c7-1-6(2-8)3(4(9)10)12-5(11)13-6/h3-4H,1-2H2. The molecular formula is C6H6F4O3. The molecule has 0 bridgehead atoms. The summed E-state index contributed by atoms with van der Waals surface area (Å²) in [6, 6.07) is 0. The second kappa shape index (κ2) is 3.39. The summed E-state index contributed by atoms with van der Waals surface area (Å²) < 4.78 is 56.6. The molecule has 0 spiro atoms. The molecule has 1 unspecified atom stereocenters. The highest BCUT2D eigenvalue weighted by atomic mass is 19.3. The highest BCUT2D eigenvalue weighted by Gasteiger charge is 2.56. The molecule has 1 heterocycles. The summed E-state index contributed by atoms with van der Waals surface area (Å²) in [4.78, 5) is 10.4. The first-order chi connectivity index (χ1) is 6.05. The van der Waals surface area contributed by atoms with Gasteiger partial charge < -0.3 is 9.47 Å². The van der Waals surface area contributed by atoms with Crippen LogP contribution in [0.1, 0.15) is 0 Å². The average molecular weight is 202 g/mol. The fourth-order valence-corrected chi connectivity index (χ4v) is 0.983. The molecule has 1 rings (SSSR count). The highest BCUT2D eigenvalue weighted by molar-refractivity contribution is 5.63. The zero-order chi connectivity index (χ0) is 10.1. The maximum Gasteiger partial charge on any atom is 0.509 e. The summed E-state index contributed by atoms with van der Waals surface area (Å²) in [5.41, 5.74) is -2.47. The normalized spacial score (nSPS) is 25.9. The van der Waals surface area contributed by atoms with Crippen LogP contribution in [0.4, 0.5) is 22.4 Å². The molecule has 76 valence electrons. The minimum Gasteiger partial charge on any atom is -0.420 e. The van der Waals surface area contributed by atoms with E-state index in [0.717, 1.165) is 0 Å². The van der Waals surface area contributed by atoms with Gasteiger partial charge in [-0.15, -0.1) is 0 Å². The Morgan fingerprint density at radius 1 is 1.38 bits per heavy atom. The van der Waals surface area contributed by atoms with E-state index in [-0.39, 0.29) is 0 Å². The van der Waals surface area contributed by atoms with Crippen LogP contribution in [0, 0.1) is 0 Å². The van der Waals surface area contributed by atoms with Crippen molar-refractivity contribution >= 4 is 6.16 Å². The van der Waals surface area contributed by atoms with Crippen LogP contribution in [-0.4, -0.2) is 37.6 Å². The SMILES string of the molecule is O=C1OC(C(F)F)C(CF)(CF)O1. The van der Waals surface area contributed by atoms with Crippen LogP contribution in [0.3, 0.4) is 0 Å². The summed E-state index contributed by atoms with van der Waals surface area (Å²) in [7, 11) is 0. The number of cyclic esters (lactones) is 2. The van der Waals surface area contributed by atoms with Crippen molar-refractivity contribution in [2.24, 2.45) is 0 Å². The predicted molar refractivity (Wildman–Crippen MR) is 32.0 cm³/mol. The van der Waals surface area contributed by atoms with E-state index < -0.39 is 37.6 Å². The van der Waals surface area contributed by atoms with E-state index in [1.54, 1.807) is 0 Å². The van der Waals surface area contributed by atoms with Gasteiger partial charge in [-0.25, -0.2) is 22.4 Å². The zero-order valence-corrected chi connectivity index (χ0v) is 6.31. The number of ether oxygens (including phenoxy) is 2. The van der Waals surface area contributed by atoms with Gasteiger partial charge in [0, 0.05) is 0 Å². The minimum atomic E-state index is -3.17. The van der Waals surface area contributed by atoms with Gasteiger partial charge in [0.15, 0.2) is 0 Å². The van der Waals surface area contributed by atoms with Gasteiger partial charge in [0.05, 0.1) is 0 Å². The Morgan fingerprint density at radius 2 is 1.92 bits per heavy atom. The number of hydrogen-bond donors (Lipinski definition) is 0. The molecule has 1 aliphatic rings. The van der Waals surface area contributed by atoms with Crippen molar-refractivity contribution in [2.75, 3.05) is 13.3 Å². The van der Waals surface area contributed by atoms with Crippen LogP contribution < -0.4 is 0 Å². The van der Waals surface area contributed by atoms with Crippen molar-refractivity contribution in [3.05, 3.63) is 0 Å². The molecule has 1 atom stereocenters. The van der Waals surface area contributed by atoms with Crippen LogP contribution in [0.2, 0.25) is 0 Å². The molecule has 0 amide bonds. The summed E-state index contributed by atoms with van der Waals surface area (Å²) in [5, 5.41) is 0. The molecule has 0 saturated carbocycles. The van der Waals surface area contributed by atoms with Crippen molar-refractivity contribution in [1.29, 1.82) is 0 Å². The van der Waals surface area contributed by atoms with Gasteiger partial charge in [-0.3, -0.25) is 0 Å². The summed E-state index contributed by atoms with van der Waals surface area (Å²) >= 11 is 0. The molecule has 0 N–H and O–H groups in total. The number of halogens is 4. The van der Waals surface area contributed by atoms with Gasteiger partial charge in [-0.1, -0.05) is 0 Å². The van der Waals surface area contributed by atoms with Crippen LogP contribution in [-0.2, 0) is 9.47 Å². The van der Waals surface area contributed by atoms with Gasteiger partial charge in [-0.2, -0.15) is 0 Å². The number of rotatable bonds is 3. The van der Waals surface area contributed by atoms with E-state index in [9.17, 15) is 22.4 Å². The van der Waals surface area contributed by atoms with Crippen molar-refractivity contribution in [2.45, 2.75) is 18.1 Å². The Kier molecular flexibility index (Phi) is 2.63. The highest BCUT2D eigenvalue weighted by Crippen LogP contribution is 2.32. The van der Waals surface area contributed by atoms with Crippen LogP contribution in [0.25, 0.3) is 0 Å². The Labute approximate surface area is 70.6 Å². The average Bonchev–Trinajstić information content (AvgIpc) is 2.43. The molecule has 0 aliphatic carbocycles. The van der Waals surface area contributed by atoms with Crippen molar-refractivity contribution in [3.8, 4) is 0 Å². The van der Waals surface area contributed by atoms with Gasteiger partial charge in [0.2, 0.25) is 11.7 Å². The summed E-state index contributed by atoms with van der Waals surface area (Å²) in [6.07, 6.45) is -6.81. The lowest BCUT2D eigenvalue weighted by molar-refractivity contribution is -0.0774. The Morgan fingerprint density at radius 3 is 2.23 bits per heavy atom.